The van der Waals surface area contributed by atoms with Gasteiger partial charge in [-0.05, 0) is 59.3 Å². The number of carboxylic acids is 1. The average Bonchev–Trinajstić information content (AvgIpc) is 3.33. The Morgan fingerprint density at radius 3 is 2.23 bits per heavy atom. The van der Waals surface area contributed by atoms with Crippen molar-refractivity contribution in [3.8, 4) is 11.5 Å². The third kappa shape index (κ3) is 7.60. The molecule has 0 aliphatic heterocycles. The van der Waals surface area contributed by atoms with E-state index in [-0.39, 0.29) is 17.1 Å². The van der Waals surface area contributed by atoms with E-state index in [0.717, 1.165) is 4.80 Å². The zero-order valence-corrected chi connectivity index (χ0v) is 22.4. The monoisotopic (exact) mass is 589 g/mol. The highest BCUT2D eigenvalue weighted by molar-refractivity contribution is 7.89. The molecule has 39 heavy (non-hydrogen) atoms. The minimum atomic E-state index is -4.26. The van der Waals surface area contributed by atoms with E-state index in [1.165, 1.54) is 24.3 Å². The van der Waals surface area contributed by atoms with Crippen molar-refractivity contribution in [3.05, 3.63) is 94.2 Å². The Bertz CT molecular complexity index is 1560. The maximum absolute atomic E-state index is 12.9. The lowest BCUT2D eigenvalue weighted by Gasteiger charge is -2.16. The summed E-state index contributed by atoms with van der Waals surface area (Å²) in [6, 6.07) is 17.8. The molecule has 11 nitrogen and oxygen atoms in total. The van der Waals surface area contributed by atoms with Gasteiger partial charge >= 0.3 is 5.97 Å². The fourth-order valence-corrected chi connectivity index (χ4v) is 5.24. The van der Waals surface area contributed by atoms with Crippen LogP contribution in [0, 0.1) is 0 Å². The molecule has 3 aromatic carbocycles. The first kappa shape index (κ1) is 28.2. The van der Waals surface area contributed by atoms with Crippen LogP contribution in [-0.4, -0.2) is 51.5 Å². The number of hydrogen-bond donors (Lipinski definition) is 2. The lowest BCUT2D eigenvalue weighted by molar-refractivity contribution is -0.139. The van der Waals surface area contributed by atoms with Crippen molar-refractivity contribution < 1.29 is 27.9 Å². The minimum absolute atomic E-state index is 0.141. The Morgan fingerprint density at radius 1 is 0.949 bits per heavy atom. The number of Topliss-reactive ketones (excluding diaryl/α,β-unsaturated/α-hetero) is 1. The standard InChI is InChI=1S/C25H21Cl2N5O6S/c26-20-7-4-8-21(27)19(20)13-24-28-31-32(29-24)15-23(33)22(14-25(34)35)30-39(36,37)18-11-9-17(10-12-18)38-16-5-2-1-3-6-16/h1-12,22,30H,13-15H2,(H,34,35). The Morgan fingerprint density at radius 2 is 1.59 bits per heavy atom. The summed E-state index contributed by atoms with van der Waals surface area (Å²) in [7, 11) is -4.26. The van der Waals surface area contributed by atoms with E-state index in [2.05, 4.69) is 20.1 Å². The zero-order chi connectivity index (χ0) is 28.0. The van der Waals surface area contributed by atoms with Gasteiger partial charge in [0.1, 0.15) is 18.0 Å². The van der Waals surface area contributed by atoms with Gasteiger partial charge in [0.25, 0.3) is 0 Å². The Labute approximate surface area is 233 Å². The summed E-state index contributed by atoms with van der Waals surface area (Å²) in [4.78, 5) is 25.1. The molecule has 4 aromatic rings. The molecular formula is C25H21Cl2N5O6S. The summed E-state index contributed by atoms with van der Waals surface area (Å²) in [6.07, 6.45) is -0.647. The first-order chi connectivity index (χ1) is 18.6. The van der Waals surface area contributed by atoms with E-state index < -0.39 is 40.8 Å². The number of nitrogens with one attached hydrogen (secondary N) is 1. The number of aromatic nitrogens is 4. The second-order valence-electron chi connectivity index (χ2n) is 8.24. The molecule has 1 atom stereocenters. The smallest absolute Gasteiger partial charge is 0.305 e. The van der Waals surface area contributed by atoms with Crippen LogP contribution < -0.4 is 9.46 Å². The molecule has 0 aliphatic rings. The number of tetrazole rings is 1. The zero-order valence-electron chi connectivity index (χ0n) is 20.1. The summed E-state index contributed by atoms with van der Waals surface area (Å²) in [5, 5.41) is 21.9. The summed E-state index contributed by atoms with van der Waals surface area (Å²) in [5.74, 6) is -0.971. The highest BCUT2D eigenvalue weighted by atomic mass is 35.5. The Hall–Kier alpha value is -3.84. The highest BCUT2D eigenvalue weighted by Crippen LogP contribution is 2.26. The third-order valence-corrected chi connectivity index (χ3v) is 7.56. The largest absolute Gasteiger partial charge is 0.481 e. The van der Waals surface area contributed by atoms with Gasteiger partial charge in [-0.2, -0.15) is 9.52 Å². The van der Waals surface area contributed by atoms with Crippen LogP contribution in [0.25, 0.3) is 0 Å². The van der Waals surface area contributed by atoms with Gasteiger partial charge in [-0.3, -0.25) is 9.59 Å². The normalized spacial score (nSPS) is 12.2. The first-order valence-corrected chi connectivity index (χ1v) is 13.6. The summed E-state index contributed by atoms with van der Waals surface area (Å²) < 4.78 is 33.7. The van der Waals surface area contributed by atoms with Crippen LogP contribution in [0.4, 0.5) is 0 Å². The minimum Gasteiger partial charge on any atom is -0.481 e. The van der Waals surface area contributed by atoms with Gasteiger partial charge in [0.2, 0.25) is 10.0 Å². The van der Waals surface area contributed by atoms with E-state index in [1.807, 2.05) is 6.07 Å². The number of aliphatic carboxylic acids is 1. The molecule has 202 valence electrons. The van der Waals surface area contributed by atoms with Crippen LogP contribution in [0.1, 0.15) is 17.8 Å². The number of nitrogens with zero attached hydrogens (tertiary/aromatic N) is 4. The van der Waals surface area contributed by atoms with Gasteiger partial charge in [-0.25, -0.2) is 8.42 Å². The molecular weight excluding hydrogens is 569 g/mol. The first-order valence-electron chi connectivity index (χ1n) is 11.4. The predicted octanol–water partition coefficient (Wildman–Crippen LogP) is 3.75. The van der Waals surface area contributed by atoms with Crippen LogP contribution in [0.5, 0.6) is 11.5 Å². The topological polar surface area (TPSA) is 153 Å². The summed E-state index contributed by atoms with van der Waals surface area (Å²) in [6.45, 7) is -0.520. The van der Waals surface area contributed by atoms with E-state index >= 15 is 0 Å². The van der Waals surface area contributed by atoms with Crippen molar-refractivity contribution in [2.45, 2.75) is 30.3 Å². The fourth-order valence-electron chi connectivity index (χ4n) is 3.49. The molecule has 0 saturated carbocycles. The highest BCUT2D eigenvalue weighted by Gasteiger charge is 2.29. The molecule has 0 aliphatic carbocycles. The fraction of sp³-hybridized carbons (Fsp3) is 0.160. The van der Waals surface area contributed by atoms with Crippen molar-refractivity contribution in [3.63, 3.8) is 0 Å². The van der Waals surface area contributed by atoms with Gasteiger partial charge in [-0.1, -0.05) is 47.5 Å². The Balaban J connectivity index is 1.44. The van der Waals surface area contributed by atoms with Crippen LogP contribution in [0.3, 0.4) is 0 Å². The maximum Gasteiger partial charge on any atom is 0.305 e. The van der Waals surface area contributed by atoms with Gasteiger partial charge in [0.15, 0.2) is 11.6 Å². The predicted molar refractivity (Wildman–Crippen MR) is 141 cm³/mol. The van der Waals surface area contributed by atoms with Gasteiger partial charge in [-0.15, -0.1) is 10.2 Å². The number of hydrogen-bond acceptors (Lipinski definition) is 8. The Kier molecular flexibility index (Phi) is 8.92. The molecule has 14 heteroatoms. The number of carboxylic acid groups (broad SMARTS) is 1. The van der Waals surface area contributed by atoms with Gasteiger partial charge in [0.05, 0.1) is 17.4 Å². The second kappa shape index (κ2) is 12.3. The van der Waals surface area contributed by atoms with Crippen molar-refractivity contribution >= 4 is 45.0 Å². The molecule has 1 unspecified atom stereocenters. The van der Waals surface area contributed by atoms with Crippen LogP contribution in [-0.2, 0) is 32.6 Å². The third-order valence-electron chi connectivity index (χ3n) is 5.37. The number of rotatable bonds is 12. The molecule has 1 aromatic heterocycles. The number of sulfonamides is 1. The lowest BCUT2D eigenvalue weighted by atomic mass is 10.1. The number of ether oxygens (including phenoxy) is 1. The molecule has 0 amide bonds. The molecule has 2 N–H and O–H groups in total. The number of carbonyl (C=O) groups excluding carboxylic acids is 1. The van der Waals surface area contributed by atoms with Gasteiger partial charge in [0, 0.05) is 16.5 Å². The van der Waals surface area contributed by atoms with E-state index in [1.54, 1.807) is 42.5 Å². The van der Waals surface area contributed by atoms with Crippen LogP contribution >= 0.6 is 23.2 Å². The lowest BCUT2D eigenvalue weighted by Crippen LogP contribution is -2.43. The van der Waals surface area contributed by atoms with Crippen molar-refractivity contribution in [1.82, 2.24) is 24.9 Å². The number of para-hydroxylation sites is 1. The van der Waals surface area contributed by atoms with E-state index in [9.17, 15) is 23.1 Å². The number of halogens is 2. The van der Waals surface area contributed by atoms with Crippen LogP contribution in [0.15, 0.2) is 77.7 Å². The molecule has 4 rings (SSSR count). The molecule has 0 saturated heterocycles. The average molecular weight is 590 g/mol. The van der Waals surface area contributed by atoms with Crippen molar-refractivity contribution in [2.75, 3.05) is 0 Å². The molecule has 0 spiro atoms. The quantitative estimate of drug-likeness (QED) is 0.251. The number of carbonyl (C=O) groups is 2. The van der Waals surface area contributed by atoms with E-state index in [0.29, 0.717) is 27.1 Å². The van der Waals surface area contributed by atoms with E-state index in [4.69, 9.17) is 27.9 Å². The van der Waals surface area contributed by atoms with Gasteiger partial charge < -0.3 is 9.84 Å². The summed E-state index contributed by atoms with van der Waals surface area (Å²) in [5.41, 5.74) is 0.573. The molecule has 0 bridgehead atoms. The molecule has 0 fully saturated rings. The van der Waals surface area contributed by atoms with Crippen molar-refractivity contribution in [1.29, 1.82) is 0 Å². The number of ketones is 1. The maximum atomic E-state index is 12.9. The molecule has 0 radical (unpaired) electrons. The number of benzene rings is 3. The van der Waals surface area contributed by atoms with Crippen molar-refractivity contribution in [2.24, 2.45) is 0 Å². The molecule has 1 heterocycles. The second-order valence-corrected chi connectivity index (χ2v) is 10.8. The van der Waals surface area contributed by atoms with Crippen LogP contribution in [0.2, 0.25) is 10.0 Å². The summed E-state index contributed by atoms with van der Waals surface area (Å²) >= 11 is 12.3. The SMILES string of the molecule is O=C(O)CC(NS(=O)(=O)c1ccc(Oc2ccccc2)cc1)C(=O)Cn1nnc(Cc2c(Cl)cccc2Cl)n1.